The Hall–Kier alpha value is -1.86. The van der Waals surface area contributed by atoms with Gasteiger partial charge in [0.25, 0.3) is 0 Å². The van der Waals surface area contributed by atoms with Gasteiger partial charge >= 0.3 is 5.69 Å². The van der Waals surface area contributed by atoms with Crippen LogP contribution in [0.5, 0.6) is 5.75 Å². The normalized spacial score (nSPS) is 10.3. The maximum absolute atomic E-state index is 10.9. The highest BCUT2D eigenvalue weighted by molar-refractivity contribution is 9.10. The molecule has 0 unspecified atom stereocenters. The van der Waals surface area contributed by atoms with Crippen molar-refractivity contribution in [1.29, 1.82) is 0 Å². The molecule has 0 aliphatic heterocycles. The van der Waals surface area contributed by atoms with Crippen molar-refractivity contribution in [2.24, 2.45) is 0 Å². The van der Waals surface area contributed by atoms with Crippen LogP contribution in [0, 0.1) is 10.1 Å². The summed E-state index contributed by atoms with van der Waals surface area (Å²) in [5.41, 5.74) is 5.84. The van der Waals surface area contributed by atoms with Gasteiger partial charge < -0.3 is 10.5 Å². The van der Waals surface area contributed by atoms with E-state index in [1.165, 1.54) is 12.1 Å². The molecule has 0 bridgehead atoms. The summed E-state index contributed by atoms with van der Waals surface area (Å²) in [6.07, 6.45) is 0. The zero-order valence-corrected chi connectivity index (χ0v) is 12.4. The molecule has 0 radical (unpaired) electrons. The molecule has 104 valence electrons. The Balaban J connectivity index is 2.23. The van der Waals surface area contributed by atoms with Crippen LogP contribution in [0.3, 0.4) is 0 Å². The lowest BCUT2D eigenvalue weighted by atomic mass is 10.3. The Morgan fingerprint density at radius 2 is 2.15 bits per heavy atom. The summed E-state index contributed by atoms with van der Waals surface area (Å²) in [5, 5.41) is 11.3. The lowest BCUT2D eigenvalue weighted by Gasteiger charge is -2.08. The van der Waals surface area contributed by atoms with E-state index >= 15 is 0 Å². The fourth-order valence-electron chi connectivity index (χ4n) is 1.50. The number of nitrogen functional groups attached to an aromatic ring is 1. The largest absolute Gasteiger partial charge is 0.480 e. The number of halogens is 2. The molecule has 0 saturated carbocycles. The first-order valence-electron chi connectivity index (χ1n) is 5.45. The van der Waals surface area contributed by atoms with E-state index in [-0.39, 0.29) is 18.0 Å². The second-order valence-electron chi connectivity index (χ2n) is 3.82. The van der Waals surface area contributed by atoms with Gasteiger partial charge in [-0.25, -0.2) is 4.98 Å². The minimum atomic E-state index is -0.519. The van der Waals surface area contributed by atoms with Gasteiger partial charge in [0, 0.05) is 10.5 Å². The summed E-state index contributed by atoms with van der Waals surface area (Å²) in [4.78, 5) is 14.5. The number of pyridine rings is 1. The predicted octanol–water partition coefficient (Wildman–Crippen LogP) is 3.57. The number of rotatable bonds is 4. The summed E-state index contributed by atoms with van der Waals surface area (Å²) in [5.74, 6) is 0.441. The van der Waals surface area contributed by atoms with Gasteiger partial charge in [0.1, 0.15) is 12.4 Å². The number of nitrogens with zero attached hydrogens (tertiary/aromatic N) is 2. The smallest absolute Gasteiger partial charge is 0.312 e. The van der Waals surface area contributed by atoms with E-state index in [2.05, 4.69) is 20.9 Å². The third-order valence-corrected chi connectivity index (χ3v) is 3.26. The number of nitro benzene ring substituents is 1. The topological polar surface area (TPSA) is 91.3 Å². The third kappa shape index (κ3) is 3.37. The van der Waals surface area contributed by atoms with E-state index in [0.717, 1.165) is 0 Å². The molecule has 0 amide bonds. The van der Waals surface area contributed by atoms with E-state index in [1.807, 2.05) is 0 Å². The minimum Gasteiger partial charge on any atom is -0.480 e. The molecule has 1 heterocycles. The molecule has 8 heteroatoms. The first-order valence-corrected chi connectivity index (χ1v) is 6.62. The van der Waals surface area contributed by atoms with Gasteiger partial charge in [-0.15, -0.1) is 0 Å². The van der Waals surface area contributed by atoms with Crippen LogP contribution < -0.4 is 10.5 Å². The molecule has 0 atom stereocenters. The second-order valence-corrected chi connectivity index (χ2v) is 5.15. The predicted molar refractivity (Wildman–Crippen MR) is 78.8 cm³/mol. The SMILES string of the molecule is Nc1ccc(Cl)c(COc2ccc(Br)cc2[N+](=O)[O-])n1. The number of nitro groups is 1. The van der Waals surface area contributed by atoms with E-state index in [9.17, 15) is 10.1 Å². The van der Waals surface area contributed by atoms with Gasteiger partial charge in [-0.1, -0.05) is 27.5 Å². The van der Waals surface area contributed by atoms with Gasteiger partial charge in [-0.3, -0.25) is 10.1 Å². The number of hydrogen-bond acceptors (Lipinski definition) is 5. The first-order chi connectivity index (χ1) is 9.47. The fraction of sp³-hybridized carbons (Fsp3) is 0.0833. The fourth-order valence-corrected chi connectivity index (χ4v) is 2.01. The summed E-state index contributed by atoms with van der Waals surface area (Å²) in [7, 11) is 0. The molecule has 0 aliphatic rings. The van der Waals surface area contributed by atoms with Crippen molar-refractivity contribution in [2.75, 3.05) is 5.73 Å². The standard InChI is InChI=1S/C12H9BrClN3O3/c13-7-1-3-11(10(5-7)17(18)19)20-6-9-8(14)2-4-12(15)16-9/h1-5H,6H2,(H2,15,16). The number of benzene rings is 1. The number of anilines is 1. The van der Waals surface area contributed by atoms with Crippen molar-refractivity contribution in [1.82, 2.24) is 4.98 Å². The maximum atomic E-state index is 10.9. The number of aromatic nitrogens is 1. The van der Waals surface area contributed by atoms with Crippen molar-refractivity contribution in [3.63, 3.8) is 0 Å². The summed E-state index contributed by atoms with van der Waals surface area (Å²) in [6.45, 7) is -0.00759. The summed E-state index contributed by atoms with van der Waals surface area (Å²) < 4.78 is 6.00. The molecular weight excluding hydrogens is 350 g/mol. The number of hydrogen-bond donors (Lipinski definition) is 1. The molecule has 20 heavy (non-hydrogen) atoms. The molecule has 0 aliphatic carbocycles. The van der Waals surface area contributed by atoms with E-state index in [0.29, 0.717) is 21.0 Å². The van der Waals surface area contributed by atoms with Gasteiger partial charge in [-0.2, -0.15) is 0 Å². The third-order valence-electron chi connectivity index (χ3n) is 2.42. The van der Waals surface area contributed by atoms with Crippen molar-refractivity contribution in [3.05, 3.63) is 55.6 Å². The Labute approximate surface area is 127 Å². The Bertz CT molecular complexity index is 666. The minimum absolute atomic E-state index is 0.00759. The highest BCUT2D eigenvalue weighted by Gasteiger charge is 2.16. The summed E-state index contributed by atoms with van der Waals surface area (Å²) in [6, 6.07) is 7.68. The van der Waals surface area contributed by atoms with Crippen LogP contribution in [-0.4, -0.2) is 9.91 Å². The van der Waals surface area contributed by atoms with Crippen LogP contribution in [0.25, 0.3) is 0 Å². The Morgan fingerprint density at radius 3 is 2.85 bits per heavy atom. The van der Waals surface area contributed by atoms with Crippen LogP contribution in [-0.2, 0) is 6.61 Å². The maximum Gasteiger partial charge on any atom is 0.312 e. The monoisotopic (exact) mass is 357 g/mol. The molecular formula is C12H9BrClN3O3. The van der Waals surface area contributed by atoms with Crippen LogP contribution in [0.4, 0.5) is 11.5 Å². The average Bonchev–Trinajstić information content (AvgIpc) is 2.40. The van der Waals surface area contributed by atoms with Crippen LogP contribution in [0.1, 0.15) is 5.69 Å². The van der Waals surface area contributed by atoms with E-state index in [1.54, 1.807) is 18.2 Å². The molecule has 2 rings (SSSR count). The van der Waals surface area contributed by atoms with Crippen LogP contribution in [0.2, 0.25) is 5.02 Å². The molecule has 2 aromatic rings. The quantitative estimate of drug-likeness (QED) is 0.666. The lowest BCUT2D eigenvalue weighted by molar-refractivity contribution is -0.386. The Kier molecular flexibility index (Phi) is 4.41. The average molecular weight is 359 g/mol. The van der Waals surface area contributed by atoms with E-state index in [4.69, 9.17) is 22.1 Å². The number of nitrogens with two attached hydrogens (primary N) is 1. The molecule has 2 N–H and O–H groups in total. The molecule has 1 aromatic carbocycles. The highest BCUT2D eigenvalue weighted by atomic mass is 79.9. The van der Waals surface area contributed by atoms with Gasteiger partial charge in [0.15, 0.2) is 5.75 Å². The van der Waals surface area contributed by atoms with E-state index < -0.39 is 4.92 Å². The molecule has 0 saturated heterocycles. The van der Waals surface area contributed by atoms with Crippen molar-refractivity contribution in [2.45, 2.75) is 6.61 Å². The summed E-state index contributed by atoms with van der Waals surface area (Å²) >= 11 is 9.12. The van der Waals surface area contributed by atoms with Gasteiger partial charge in [-0.05, 0) is 24.3 Å². The number of ether oxygens (including phenoxy) is 1. The lowest BCUT2D eigenvalue weighted by Crippen LogP contribution is -2.03. The zero-order chi connectivity index (χ0) is 14.7. The Morgan fingerprint density at radius 1 is 1.40 bits per heavy atom. The highest BCUT2D eigenvalue weighted by Crippen LogP contribution is 2.31. The molecule has 0 fully saturated rings. The van der Waals surface area contributed by atoms with Gasteiger partial charge in [0.05, 0.1) is 15.6 Å². The zero-order valence-electron chi connectivity index (χ0n) is 10.0. The van der Waals surface area contributed by atoms with Gasteiger partial charge in [0.2, 0.25) is 0 Å². The van der Waals surface area contributed by atoms with Crippen molar-refractivity contribution in [3.8, 4) is 5.75 Å². The van der Waals surface area contributed by atoms with Crippen molar-refractivity contribution < 1.29 is 9.66 Å². The van der Waals surface area contributed by atoms with Crippen LogP contribution >= 0.6 is 27.5 Å². The molecule has 6 nitrogen and oxygen atoms in total. The van der Waals surface area contributed by atoms with Crippen molar-refractivity contribution >= 4 is 39.0 Å². The first kappa shape index (κ1) is 14.5. The molecule has 1 aromatic heterocycles. The molecule has 0 spiro atoms. The van der Waals surface area contributed by atoms with Crippen LogP contribution in [0.15, 0.2) is 34.8 Å². The second kappa shape index (κ2) is 6.06.